The summed E-state index contributed by atoms with van der Waals surface area (Å²) in [5.74, 6) is 1.21. The lowest BCUT2D eigenvalue weighted by molar-refractivity contribution is 0.619. The maximum atomic E-state index is 13.3. The zero-order valence-corrected chi connectivity index (χ0v) is 18.4. The van der Waals surface area contributed by atoms with E-state index < -0.39 is 0 Å². The van der Waals surface area contributed by atoms with Gasteiger partial charge in [0.1, 0.15) is 0 Å². The minimum atomic E-state index is 0.0911. The van der Waals surface area contributed by atoms with Crippen molar-refractivity contribution in [2.75, 3.05) is 0 Å². The number of aryl methyl sites for hydroxylation is 1. The second kappa shape index (κ2) is 8.53. The summed E-state index contributed by atoms with van der Waals surface area (Å²) in [5.41, 5.74) is 5.29. The van der Waals surface area contributed by atoms with Gasteiger partial charge in [-0.3, -0.25) is 14.1 Å². The summed E-state index contributed by atoms with van der Waals surface area (Å²) in [6, 6.07) is 10.4. The monoisotopic (exact) mass is 429 g/mol. The largest absolute Gasteiger partial charge is 0.328 e. The molecule has 1 aliphatic rings. The third-order valence-corrected chi connectivity index (χ3v) is 6.34. The van der Waals surface area contributed by atoms with E-state index in [4.69, 9.17) is 0 Å². The zero-order chi connectivity index (χ0) is 22.1. The molecule has 0 radical (unpaired) electrons. The van der Waals surface area contributed by atoms with Crippen molar-refractivity contribution in [1.82, 2.24) is 34.7 Å². The van der Waals surface area contributed by atoms with Crippen LogP contribution >= 0.6 is 0 Å². The number of tetrazole rings is 1. The van der Waals surface area contributed by atoms with E-state index >= 15 is 0 Å². The molecule has 1 aliphatic carbocycles. The van der Waals surface area contributed by atoms with Gasteiger partial charge in [-0.2, -0.15) is 0 Å². The highest BCUT2D eigenvalue weighted by atomic mass is 16.1. The minimum Gasteiger partial charge on any atom is -0.296 e. The zero-order valence-electron chi connectivity index (χ0n) is 18.4. The fraction of sp³-hybridized carbons (Fsp3) is 0.375. The van der Waals surface area contributed by atoms with Gasteiger partial charge in [-0.05, 0) is 58.4 Å². The normalized spacial score (nSPS) is 17.6. The van der Waals surface area contributed by atoms with E-state index in [1.807, 2.05) is 33.5 Å². The lowest BCUT2D eigenvalue weighted by Gasteiger charge is -2.12. The minimum absolute atomic E-state index is 0.0911. The number of hydrogen-bond acceptors (Lipinski definition) is 5. The molecular weight excluding hydrogens is 402 g/mol. The maximum Gasteiger partial charge on any atom is 0.328 e. The predicted molar refractivity (Wildman–Crippen MR) is 122 cm³/mol. The number of aromatic amines is 1. The molecule has 0 aliphatic heterocycles. The van der Waals surface area contributed by atoms with Gasteiger partial charge in [0, 0.05) is 35.9 Å². The molecule has 1 N–H and O–H groups in total. The summed E-state index contributed by atoms with van der Waals surface area (Å²) in [6.07, 6.45) is 9.92. The molecule has 3 aromatic heterocycles. The van der Waals surface area contributed by atoms with Crippen molar-refractivity contribution in [3.63, 3.8) is 0 Å². The Labute approximate surface area is 186 Å². The number of benzene rings is 1. The van der Waals surface area contributed by atoms with Crippen molar-refractivity contribution in [3.8, 4) is 22.5 Å². The van der Waals surface area contributed by atoms with Gasteiger partial charge >= 0.3 is 5.69 Å². The van der Waals surface area contributed by atoms with Gasteiger partial charge in [-0.25, -0.2) is 9.89 Å². The van der Waals surface area contributed by atoms with Gasteiger partial charge in [0.15, 0.2) is 5.82 Å². The van der Waals surface area contributed by atoms with Crippen molar-refractivity contribution in [1.29, 1.82) is 0 Å². The van der Waals surface area contributed by atoms with E-state index in [-0.39, 0.29) is 5.69 Å². The maximum absolute atomic E-state index is 13.3. The molecule has 2 atom stereocenters. The first kappa shape index (κ1) is 20.4. The molecule has 8 nitrogen and oxygen atoms in total. The van der Waals surface area contributed by atoms with E-state index in [1.165, 1.54) is 0 Å². The average molecular weight is 430 g/mol. The molecular formula is C24H27N7O. The third-order valence-electron chi connectivity index (χ3n) is 6.34. The Kier molecular flexibility index (Phi) is 5.43. The Morgan fingerprint density at radius 3 is 2.62 bits per heavy atom. The van der Waals surface area contributed by atoms with Crippen LogP contribution in [-0.2, 0) is 13.0 Å². The molecule has 0 amide bonds. The van der Waals surface area contributed by atoms with Crippen LogP contribution < -0.4 is 5.69 Å². The molecule has 0 bridgehead atoms. The fourth-order valence-corrected chi connectivity index (χ4v) is 4.30. The van der Waals surface area contributed by atoms with Gasteiger partial charge in [0.05, 0.1) is 6.54 Å². The first-order valence-electron chi connectivity index (χ1n) is 11.2. The van der Waals surface area contributed by atoms with Crippen LogP contribution in [0.15, 0.2) is 53.7 Å². The lowest BCUT2D eigenvalue weighted by atomic mass is 10.00. The molecule has 164 valence electrons. The number of pyridine rings is 1. The van der Waals surface area contributed by atoms with Crippen molar-refractivity contribution < 1.29 is 0 Å². The van der Waals surface area contributed by atoms with Crippen molar-refractivity contribution in [3.05, 3.63) is 70.7 Å². The standard InChI is InChI=1S/C24H27N7O/c1-3-4-5-20-15-31(22-12-16(22)2)24(32)30(20)14-19-13-25-11-10-21(19)17-6-8-18(9-7-17)23-26-28-29-27-23/h6-11,13,15-16,22H,3-5,12,14H2,1-2H3,(H,26,27,28,29). The molecule has 0 spiro atoms. The topological polar surface area (TPSA) is 94.3 Å². The second-order valence-electron chi connectivity index (χ2n) is 8.64. The molecule has 1 aromatic carbocycles. The lowest BCUT2D eigenvalue weighted by Crippen LogP contribution is -2.25. The average Bonchev–Trinajstić information content (AvgIpc) is 3.20. The Balaban J connectivity index is 1.48. The van der Waals surface area contributed by atoms with E-state index in [2.05, 4.69) is 57.8 Å². The Morgan fingerprint density at radius 2 is 1.94 bits per heavy atom. The van der Waals surface area contributed by atoms with Gasteiger partial charge in [-0.15, -0.1) is 5.10 Å². The third kappa shape index (κ3) is 3.88. The summed E-state index contributed by atoms with van der Waals surface area (Å²) in [7, 11) is 0. The number of H-pyrrole nitrogens is 1. The molecule has 32 heavy (non-hydrogen) atoms. The number of hydrogen-bond donors (Lipinski definition) is 1. The van der Waals surface area contributed by atoms with Gasteiger partial charge in [0.25, 0.3) is 0 Å². The van der Waals surface area contributed by atoms with Crippen LogP contribution in [0.4, 0.5) is 0 Å². The van der Waals surface area contributed by atoms with Crippen LogP contribution in [0.3, 0.4) is 0 Å². The van der Waals surface area contributed by atoms with Crippen LogP contribution in [0.1, 0.15) is 50.4 Å². The Morgan fingerprint density at radius 1 is 1.16 bits per heavy atom. The number of aromatic nitrogens is 7. The van der Waals surface area contributed by atoms with E-state index in [9.17, 15) is 4.79 Å². The van der Waals surface area contributed by atoms with Gasteiger partial charge < -0.3 is 0 Å². The molecule has 8 heteroatoms. The van der Waals surface area contributed by atoms with Crippen LogP contribution in [0.25, 0.3) is 22.5 Å². The van der Waals surface area contributed by atoms with Crippen molar-refractivity contribution >= 4 is 0 Å². The number of rotatable bonds is 8. The molecule has 1 fully saturated rings. The van der Waals surface area contributed by atoms with E-state index in [1.54, 1.807) is 6.20 Å². The molecule has 2 unspecified atom stereocenters. The van der Waals surface area contributed by atoms with Crippen molar-refractivity contribution in [2.24, 2.45) is 5.92 Å². The SMILES string of the molecule is CCCCc1cn(C2CC2C)c(=O)n1Cc1cnccc1-c1ccc(-c2nnn[nH]2)cc1. The summed E-state index contributed by atoms with van der Waals surface area (Å²) >= 11 is 0. The fourth-order valence-electron chi connectivity index (χ4n) is 4.30. The number of imidazole rings is 1. The van der Waals surface area contributed by atoms with E-state index in [0.717, 1.165) is 53.6 Å². The highest BCUT2D eigenvalue weighted by Crippen LogP contribution is 2.41. The predicted octanol–water partition coefficient (Wildman–Crippen LogP) is 3.86. The molecule has 3 heterocycles. The smallest absolute Gasteiger partial charge is 0.296 e. The molecule has 4 aromatic rings. The van der Waals surface area contributed by atoms with Crippen LogP contribution in [0.2, 0.25) is 0 Å². The quantitative estimate of drug-likeness (QED) is 0.459. The molecule has 5 rings (SSSR count). The van der Waals surface area contributed by atoms with Gasteiger partial charge in [0.2, 0.25) is 0 Å². The summed E-state index contributed by atoms with van der Waals surface area (Å²) in [5, 5.41) is 14.0. The summed E-state index contributed by atoms with van der Waals surface area (Å²) in [6.45, 7) is 4.90. The summed E-state index contributed by atoms with van der Waals surface area (Å²) < 4.78 is 3.89. The second-order valence-corrected chi connectivity index (χ2v) is 8.64. The Hall–Kier alpha value is -3.55. The highest BCUT2D eigenvalue weighted by Gasteiger charge is 2.36. The summed E-state index contributed by atoms with van der Waals surface area (Å²) in [4.78, 5) is 17.7. The van der Waals surface area contributed by atoms with Crippen LogP contribution in [0.5, 0.6) is 0 Å². The van der Waals surface area contributed by atoms with Crippen LogP contribution in [0, 0.1) is 5.92 Å². The first-order chi connectivity index (χ1) is 15.7. The van der Waals surface area contributed by atoms with Crippen molar-refractivity contribution in [2.45, 2.75) is 52.1 Å². The number of nitrogens with zero attached hydrogens (tertiary/aromatic N) is 6. The van der Waals surface area contributed by atoms with E-state index in [0.29, 0.717) is 24.3 Å². The van der Waals surface area contributed by atoms with Crippen LogP contribution in [-0.4, -0.2) is 34.7 Å². The highest BCUT2D eigenvalue weighted by molar-refractivity contribution is 5.69. The van der Waals surface area contributed by atoms with Gasteiger partial charge in [-0.1, -0.05) is 44.5 Å². The first-order valence-corrected chi connectivity index (χ1v) is 11.2. The number of nitrogens with one attached hydrogen (secondary N) is 1. The molecule has 0 saturated heterocycles. The number of unbranched alkanes of at least 4 members (excludes halogenated alkanes) is 1. The molecule has 1 saturated carbocycles. The Bertz CT molecular complexity index is 1250.